The van der Waals surface area contributed by atoms with Gasteiger partial charge < -0.3 is 25.8 Å². The Morgan fingerprint density at radius 1 is 0.789 bits per heavy atom. The van der Waals surface area contributed by atoms with Crippen LogP contribution in [0.25, 0.3) is 0 Å². The van der Waals surface area contributed by atoms with Crippen molar-refractivity contribution in [2.24, 2.45) is 11.8 Å². The SMILES string of the molecule is COC(=O)CCCCCC[C@H]1[C@@H](O[Si](C)(C)C(C)(C)C)CC(O[Si](C)(C)C(C)(C)C)[C@@H]1CCC[C-]=O.[CH3-].[Y]. The zero-order chi connectivity index (χ0) is 27.8. The van der Waals surface area contributed by atoms with Gasteiger partial charge in [0, 0.05) is 39.1 Å². The number of hydrogen-bond acceptors (Lipinski definition) is 5. The quantitative estimate of drug-likeness (QED) is 0.0772. The summed E-state index contributed by atoms with van der Waals surface area (Å²) in [7, 11) is -2.43. The zero-order valence-corrected chi connectivity index (χ0v) is 31.8. The fourth-order valence-electron chi connectivity index (χ4n) is 4.83. The van der Waals surface area contributed by atoms with Gasteiger partial charge in [0.05, 0.1) is 19.3 Å². The maximum Gasteiger partial charge on any atom is 0.305 e. The molecule has 0 N–H and O–H groups in total. The van der Waals surface area contributed by atoms with Crippen molar-refractivity contribution in [1.29, 1.82) is 0 Å². The normalized spacial score (nSPS) is 22.4. The van der Waals surface area contributed by atoms with Crippen LogP contribution < -0.4 is 0 Å². The van der Waals surface area contributed by atoms with Crippen molar-refractivity contribution in [3.63, 3.8) is 0 Å². The Balaban J connectivity index is 0. The molecule has 5 nitrogen and oxygen atoms in total. The molecule has 1 saturated carbocycles. The Labute approximate surface area is 263 Å². The van der Waals surface area contributed by atoms with Gasteiger partial charge >= 0.3 is 5.97 Å². The first-order chi connectivity index (χ1) is 16.5. The molecule has 8 heteroatoms. The summed E-state index contributed by atoms with van der Waals surface area (Å²) in [6.07, 6.45) is 11.6. The minimum absolute atomic E-state index is 0. The molecule has 0 spiro atoms. The molecule has 1 aliphatic carbocycles. The number of carbonyl (C=O) groups excluding carboxylic acids is 2. The van der Waals surface area contributed by atoms with Crippen molar-refractivity contribution in [2.45, 2.75) is 154 Å². The molecule has 223 valence electrons. The van der Waals surface area contributed by atoms with Crippen molar-refractivity contribution in [3.05, 3.63) is 7.43 Å². The first-order valence-corrected chi connectivity index (χ1v) is 20.1. The van der Waals surface area contributed by atoms with Crippen molar-refractivity contribution in [1.82, 2.24) is 0 Å². The van der Waals surface area contributed by atoms with Gasteiger partial charge in [0.25, 0.3) is 0 Å². The van der Waals surface area contributed by atoms with Gasteiger partial charge in [0.1, 0.15) is 0 Å². The molecule has 0 aromatic heterocycles. The summed E-state index contributed by atoms with van der Waals surface area (Å²) in [5.74, 6) is 0.741. The number of esters is 1. The second-order valence-corrected chi connectivity index (χ2v) is 23.5. The molecule has 0 amide bonds. The van der Waals surface area contributed by atoms with Crippen LogP contribution in [0.2, 0.25) is 36.3 Å². The summed E-state index contributed by atoms with van der Waals surface area (Å²) in [5.41, 5.74) is 0. The molecular formula is C30H60O5Si2Y-2. The van der Waals surface area contributed by atoms with E-state index < -0.39 is 16.6 Å². The van der Waals surface area contributed by atoms with Gasteiger partial charge in [0.15, 0.2) is 16.6 Å². The maximum atomic E-state index is 11.4. The Morgan fingerprint density at radius 3 is 1.61 bits per heavy atom. The van der Waals surface area contributed by atoms with Gasteiger partial charge in [-0.25, -0.2) is 0 Å². The van der Waals surface area contributed by atoms with Gasteiger partial charge in [-0.2, -0.15) is 6.42 Å². The molecule has 4 atom stereocenters. The van der Waals surface area contributed by atoms with Crippen molar-refractivity contribution < 1.29 is 55.9 Å². The topological polar surface area (TPSA) is 61.8 Å². The van der Waals surface area contributed by atoms with Crippen LogP contribution in [0.1, 0.15) is 106 Å². The zero-order valence-electron chi connectivity index (χ0n) is 27.0. The van der Waals surface area contributed by atoms with E-state index in [1.54, 1.807) is 0 Å². The predicted molar refractivity (Wildman–Crippen MR) is 161 cm³/mol. The van der Waals surface area contributed by atoms with E-state index >= 15 is 0 Å². The Bertz CT molecular complexity index is 685. The molecule has 0 bridgehead atoms. The molecule has 0 heterocycles. The van der Waals surface area contributed by atoms with Gasteiger partial charge in [-0.05, 0) is 73.8 Å². The molecule has 1 fully saturated rings. The third-order valence-electron chi connectivity index (χ3n) is 9.19. The standard InChI is InChI=1S/C29H57O5Si2.CH3.Y/c1-28(2,3)35(8,9)33-25-22-26(34-36(10,11)29(4,5)6)24(19-16-17-21-30)23(25)18-14-12-13-15-20-27(31)32-7;;/h23-26H,12-20,22H2,1-11H3;1H3;/q2*-1;/t23-,24-,25+,26?;;/m1../s1. The molecular weight excluding hydrogens is 585 g/mol. The molecule has 0 saturated heterocycles. The van der Waals surface area contributed by atoms with Gasteiger partial charge in [-0.15, -0.1) is 0 Å². The van der Waals surface area contributed by atoms with E-state index in [0.717, 1.165) is 51.4 Å². The van der Waals surface area contributed by atoms with Crippen molar-refractivity contribution in [2.75, 3.05) is 7.11 Å². The van der Waals surface area contributed by atoms with Crippen LogP contribution in [0.4, 0.5) is 0 Å². The summed E-state index contributed by atoms with van der Waals surface area (Å²) >= 11 is 0. The van der Waals surface area contributed by atoms with Crippen LogP contribution in [0, 0.1) is 19.3 Å². The number of rotatable bonds is 15. The molecule has 1 rings (SSSR count). The first kappa shape index (κ1) is 40.7. The molecule has 0 aromatic carbocycles. The molecule has 38 heavy (non-hydrogen) atoms. The van der Waals surface area contributed by atoms with Crippen LogP contribution >= 0.6 is 0 Å². The average molecular weight is 646 g/mol. The fraction of sp³-hybridized carbons (Fsp3) is 0.900. The van der Waals surface area contributed by atoms with Gasteiger partial charge in [-0.1, -0.05) is 67.2 Å². The van der Waals surface area contributed by atoms with Crippen molar-refractivity contribution in [3.8, 4) is 0 Å². The Kier molecular flexibility index (Phi) is 18.8. The maximum absolute atomic E-state index is 11.4. The minimum Gasteiger partial charge on any atom is -0.542 e. The largest absolute Gasteiger partial charge is 0.542 e. The Hall–Kier alpha value is 0.598. The van der Waals surface area contributed by atoms with E-state index in [0.29, 0.717) is 24.7 Å². The summed E-state index contributed by atoms with van der Waals surface area (Å²) in [4.78, 5) is 22.4. The molecule has 0 aliphatic heterocycles. The first-order valence-electron chi connectivity index (χ1n) is 14.2. The number of unbranched alkanes of at least 4 members (excludes halogenated alkanes) is 4. The van der Waals surface area contributed by atoms with E-state index in [4.69, 9.17) is 13.6 Å². The third-order valence-corrected chi connectivity index (χ3v) is 18.2. The average Bonchev–Trinajstić information content (AvgIpc) is 3.03. The fourth-order valence-corrected chi connectivity index (χ4v) is 7.59. The minimum atomic E-state index is -1.94. The second-order valence-electron chi connectivity index (χ2n) is 14.0. The van der Waals surface area contributed by atoms with Crippen LogP contribution in [-0.4, -0.2) is 48.2 Å². The van der Waals surface area contributed by atoms with Crippen LogP contribution in [0.3, 0.4) is 0 Å². The summed E-state index contributed by atoms with van der Waals surface area (Å²) < 4.78 is 19.0. The van der Waals surface area contributed by atoms with Crippen molar-refractivity contribution >= 4 is 28.9 Å². The van der Waals surface area contributed by atoms with E-state index in [1.165, 1.54) is 7.11 Å². The summed E-state index contributed by atoms with van der Waals surface area (Å²) in [5, 5.41) is 0.313. The van der Waals surface area contributed by atoms with E-state index in [-0.39, 0.29) is 68.4 Å². The van der Waals surface area contributed by atoms with E-state index in [2.05, 4.69) is 74.0 Å². The summed E-state index contributed by atoms with van der Waals surface area (Å²) in [6, 6.07) is 0. The van der Waals surface area contributed by atoms with Gasteiger partial charge in [0.2, 0.25) is 0 Å². The summed E-state index contributed by atoms with van der Waals surface area (Å²) in [6.45, 7) is 23.3. The van der Waals surface area contributed by atoms with Crippen LogP contribution in [-0.2, 0) is 55.9 Å². The number of hydrogen-bond donors (Lipinski definition) is 0. The number of ether oxygens (including phenoxy) is 1. The third kappa shape index (κ3) is 12.6. The van der Waals surface area contributed by atoms with Crippen LogP contribution in [0.15, 0.2) is 0 Å². The molecule has 0 aromatic rings. The van der Waals surface area contributed by atoms with Gasteiger partial charge in [-0.3, -0.25) is 11.1 Å². The second kappa shape index (κ2) is 17.5. The van der Waals surface area contributed by atoms with E-state index in [1.807, 2.05) is 0 Å². The van der Waals surface area contributed by atoms with Crippen LogP contribution in [0.5, 0.6) is 0 Å². The Morgan fingerprint density at radius 2 is 1.21 bits per heavy atom. The molecule has 1 unspecified atom stereocenters. The molecule has 1 aliphatic rings. The number of carbonyl (C=O) groups is 1. The predicted octanol–water partition coefficient (Wildman–Crippen LogP) is 8.64. The monoisotopic (exact) mass is 645 g/mol. The van der Waals surface area contributed by atoms with E-state index in [9.17, 15) is 9.59 Å². The molecule has 1 radical (unpaired) electrons. The number of methoxy groups -OCH3 is 1. The smallest absolute Gasteiger partial charge is 0.305 e.